The summed E-state index contributed by atoms with van der Waals surface area (Å²) < 4.78 is 16.7. The third-order valence-corrected chi connectivity index (χ3v) is 10.9. The summed E-state index contributed by atoms with van der Waals surface area (Å²) in [5.41, 5.74) is 0. The minimum atomic E-state index is -0.760. The summed E-state index contributed by atoms with van der Waals surface area (Å²) in [6.07, 6.45) is 40.8. The second-order valence-corrected chi connectivity index (χ2v) is 16.3. The molecule has 1 unspecified atom stereocenters. The summed E-state index contributed by atoms with van der Waals surface area (Å²) in [6.45, 7) is 8.97. The van der Waals surface area contributed by atoms with E-state index in [0.717, 1.165) is 63.7 Å². The number of carbonyl (C=O) groups excluding carboxylic acids is 3. The van der Waals surface area contributed by atoms with Crippen molar-refractivity contribution in [3.8, 4) is 0 Å². The van der Waals surface area contributed by atoms with Gasteiger partial charge in [0.2, 0.25) is 0 Å². The van der Waals surface area contributed by atoms with Crippen LogP contribution in [0, 0.1) is 5.92 Å². The summed E-state index contributed by atoms with van der Waals surface area (Å²) in [5.74, 6) is -0.0456. The molecule has 0 amide bonds. The van der Waals surface area contributed by atoms with E-state index in [4.69, 9.17) is 14.2 Å². The largest absolute Gasteiger partial charge is 0.462 e. The molecule has 0 rings (SSSR count). The Hall–Kier alpha value is -1.59. The first kappa shape index (κ1) is 51.4. The van der Waals surface area contributed by atoms with Crippen LogP contribution in [-0.4, -0.2) is 37.2 Å². The van der Waals surface area contributed by atoms with E-state index < -0.39 is 6.10 Å². The Labute approximate surface area is 329 Å². The second kappa shape index (κ2) is 41.6. The van der Waals surface area contributed by atoms with Gasteiger partial charge in [-0.1, -0.05) is 220 Å². The number of carbonyl (C=O) groups is 3. The van der Waals surface area contributed by atoms with Crippen LogP contribution in [-0.2, 0) is 28.6 Å². The Kier molecular flexibility index (Phi) is 40.3. The highest BCUT2D eigenvalue weighted by Gasteiger charge is 2.19. The van der Waals surface area contributed by atoms with Crippen LogP contribution in [0.25, 0.3) is 0 Å². The van der Waals surface area contributed by atoms with E-state index in [1.807, 2.05) is 0 Å². The summed E-state index contributed by atoms with van der Waals surface area (Å²) in [7, 11) is 0. The smallest absolute Gasteiger partial charge is 0.306 e. The predicted octanol–water partition coefficient (Wildman–Crippen LogP) is 14.7. The fourth-order valence-corrected chi connectivity index (χ4v) is 6.95. The fourth-order valence-electron chi connectivity index (χ4n) is 6.95. The Morgan fingerprint density at radius 2 is 0.660 bits per heavy atom. The molecule has 0 N–H and O–H groups in total. The average molecular weight is 751 g/mol. The molecule has 0 radical (unpaired) electrons. The minimum absolute atomic E-state index is 0.0644. The van der Waals surface area contributed by atoms with Crippen LogP contribution in [0.1, 0.15) is 259 Å². The van der Waals surface area contributed by atoms with Gasteiger partial charge in [-0.05, 0) is 25.2 Å². The van der Waals surface area contributed by atoms with Crippen molar-refractivity contribution in [3.63, 3.8) is 0 Å². The second-order valence-electron chi connectivity index (χ2n) is 16.3. The standard InChI is InChI=1S/C47H90O6/c1-5-8-10-12-14-16-18-19-20-22-24-26-31-35-39-46(49)52-42-44(53-47(50)40-36-32-28-27-29-33-37-43(4)7-3)41-51-45(48)38-34-30-25-23-21-17-15-13-11-9-6-2/h43-44H,5-42H2,1-4H3/t43?,44-/m1/s1. The van der Waals surface area contributed by atoms with E-state index in [0.29, 0.717) is 19.3 Å². The van der Waals surface area contributed by atoms with E-state index in [1.54, 1.807) is 0 Å². The topological polar surface area (TPSA) is 78.9 Å². The monoisotopic (exact) mass is 751 g/mol. The lowest BCUT2D eigenvalue weighted by Crippen LogP contribution is -2.30. The lowest BCUT2D eigenvalue weighted by atomic mass is 10.00. The molecule has 0 aliphatic carbocycles. The number of hydrogen-bond donors (Lipinski definition) is 0. The molecule has 0 aromatic rings. The molecule has 0 saturated carbocycles. The van der Waals surface area contributed by atoms with Crippen LogP contribution >= 0.6 is 0 Å². The Morgan fingerprint density at radius 1 is 0.377 bits per heavy atom. The van der Waals surface area contributed by atoms with E-state index in [9.17, 15) is 14.4 Å². The van der Waals surface area contributed by atoms with Gasteiger partial charge < -0.3 is 14.2 Å². The quantitative estimate of drug-likeness (QED) is 0.0351. The molecule has 0 aliphatic rings. The summed E-state index contributed by atoms with van der Waals surface area (Å²) >= 11 is 0. The first-order valence-corrected chi connectivity index (χ1v) is 23.4. The summed E-state index contributed by atoms with van der Waals surface area (Å²) in [5, 5.41) is 0. The van der Waals surface area contributed by atoms with Gasteiger partial charge in [-0.25, -0.2) is 0 Å². The molecule has 0 bridgehead atoms. The first-order chi connectivity index (χ1) is 25.9. The molecule has 6 nitrogen and oxygen atoms in total. The SMILES string of the molecule is CCCCCCCCCCCCCCCCC(=O)OC[C@@H](COC(=O)CCCCCCCCCCCCC)OC(=O)CCCCCCCCC(C)CC. The highest BCUT2D eigenvalue weighted by Crippen LogP contribution is 2.17. The van der Waals surface area contributed by atoms with E-state index in [1.165, 1.54) is 154 Å². The van der Waals surface area contributed by atoms with Gasteiger partial charge in [-0.2, -0.15) is 0 Å². The molecule has 2 atom stereocenters. The number of hydrogen-bond acceptors (Lipinski definition) is 6. The van der Waals surface area contributed by atoms with Crippen LogP contribution in [0.15, 0.2) is 0 Å². The Morgan fingerprint density at radius 3 is 0.981 bits per heavy atom. The number of ether oxygens (including phenoxy) is 3. The maximum atomic E-state index is 12.7. The number of unbranched alkanes of at least 4 members (excludes halogenated alkanes) is 28. The lowest BCUT2D eigenvalue weighted by Gasteiger charge is -2.18. The Bertz CT molecular complexity index is 798. The molecule has 0 aliphatic heterocycles. The lowest BCUT2D eigenvalue weighted by molar-refractivity contribution is -0.167. The van der Waals surface area contributed by atoms with Gasteiger partial charge in [0.05, 0.1) is 0 Å². The zero-order valence-corrected chi connectivity index (χ0v) is 36.0. The molecular formula is C47H90O6. The predicted molar refractivity (Wildman–Crippen MR) is 224 cm³/mol. The first-order valence-electron chi connectivity index (χ1n) is 23.4. The van der Waals surface area contributed by atoms with Crippen molar-refractivity contribution >= 4 is 17.9 Å². The van der Waals surface area contributed by atoms with Gasteiger partial charge in [0.25, 0.3) is 0 Å². The molecule has 0 spiro atoms. The van der Waals surface area contributed by atoms with Crippen LogP contribution in [0.5, 0.6) is 0 Å². The molecule has 6 heteroatoms. The molecule has 0 heterocycles. The van der Waals surface area contributed by atoms with Gasteiger partial charge in [0.1, 0.15) is 13.2 Å². The van der Waals surface area contributed by atoms with Crippen molar-refractivity contribution < 1.29 is 28.6 Å². The van der Waals surface area contributed by atoms with Crippen molar-refractivity contribution in [2.45, 2.75) is 265 Å². The fraction of sp³-hybridized carbons (Fsp3) is 0.936. The van der Waals surface area contributed by atoms with Gasteiger partial charge in [-0.15, -0.1) is 0 Å². The van der Waals surface area contributed by atoms with E-state index in [2.05, 4.69) is 27.7 Å². The molecule has 0 fully saturated rings. The van der Waals surface area contributed by atoms with E-state index in [-0.39, 0.29) is 31.1 Å². The molecule has 53 heavy (non-hydrogen) atoms. The van der Waals surface area contributed by atoms with Gasteiger partial charge in [-0.3, -0.25) is 14.4 Å². The zero-order valence-electron chi connectivity index (χ0n) is 36.0. The van der Waals surface area contributed by atoms with Crippen molar-refractivity contribution in [3.05, 3.63) is 0 Å². The number of esters is 3. The molecule has 0 saturated heterocycles. The highest BCUT2D eigenvalue weighted by atomic mass is 16.6. The third-order valence-electron chi connectivity index (χ3n) is 10.9. The molecular weight excluding hydrogens is 661 g/mol. The van der Waals surface area contributed by atoms with Gasteiger partial charge in [0, 0.05) is 19.3 Å². The van der Waals surface area contributed by atoms with Gasteiger partial charge >= 0.3 is 17.9 Å². The Balaban J connectivity index is 4.31. The van der Waals surface area contributed by atoms with Crippen molar-refractivity contribution in [1.29, 1.82) is 0 Å². The molecule has 0 aromatic carbocycles. The molecule has 0 aromatic heterocycles. The maximum absolute atomic E-state index is 12.7. The zero-order chi connectivity index (χ0) is 38.9. The minimum Gasteiger partial charge on any atom is -0.462 e. The van der Waals surface area contributed by atoms with Crippen molar-refractivity contribution in [2.75, 3.05) is 13.2 Å². The van der Waals surface area contributed by atoms with Gasteiger partial charge in [0.15, 0.2) is 6.10 Å². The summed E-state index contributed by atoms with van der Waals surface area (Å²) in [6, 6.07) is 0. The normalized spacial score (nSPS) is 12.5. The van der Waals surface area contributed by atoms with Crippen LogP contribution in [0.4, 0.5) is 0 Å². The third kappa shape index (κ3) is 39.9. The van der Waals surface area contributed by atoms with Crippen LogP contribution in [0.3, 0.4) is 0 Å². The van der Waals surface area contributed by atoms with E-state index >= 15 is 0 Å². The highest BCUT2D eigenvalue weighted by molar-refractivity contribution is 5.71. The van der Waals surface area contributed by atoms with Crippen molar-refractivity contribution in [2.24, 2.45) is 5.92 Å². The molecule has 314 valence electrons. The average Bonchev–Trinajstić information content (AvgIpc) is 3.15. The summed E-state index contributed by atoms with van der Waals surface area (Å²) in [4.78, 5) is 37.7. The van der Waals surface area contributed by atoms with Crippen LogP contribution in [0.2, 0.25) is 0 Å². The van der Waals surface area contributed by atoms with Crippen molar-refractivity contribution in [1.82, 2.24) is 0 Å². The maximum Gasteiger partial charge on any atom is 0.306 e. The number of rotatable bonds is 42. The van der Waals surface area contributed by atoms with Crippen LogP contribution < -0.4 is 0 Å².